The molecule has 15 heavy (non-hydrogen) atoms. The number of nitrogens with zero attached hydrogens (tertiary/aromatic N) is 2. The molecule has 76 valence electrons. The maximum Gasteiger partial charge on any atom is 0.250 e. The molecule has 2 aromatic heterocycles. The molecule has 2 aromatic rings. The molecule has 0 aliphatic heterocycles. The summed E-state index contributed by atoms with van der Waals surface area (Å²) in [5.74, 6) is 2.67. The molecule has 0 aromatic carbocycles. The molecule has 1 fully saturated rings. The standard InChI is InChI=1S/C11H10N2O2/c1-2-9(14-7-1)5-6-10-12-11(13-15-10)8-3-4-8/h1-2,5-8H,3-4H2. The van der Waals surface area contributed by atoms with Gasteiger partial charge in [-0.2, -0.15) is 4.98 Å². The van der Waals surface area contributed by atoms with E-state index in [9.17, 15) is 0 Å². The molecule has 0 amide bonds. The van der Waals surface area contributed by atoms with Crippen molar-refractivity contribution in [3.05, 3.63) is 35.9 Å². The minimum absolute atomic E-state index is 0.527. The highest BCUT2D eigenvalue weighted by Crippen LogP contribution is 2.38. The molecule has 4 nitrogen and oxygen atoms in total. The van der Waals surface area contributed by atoms with E-state index in [2.05, 4.69) is 10.1 Å². The highest BCUT2D eigenvalue weighted by Gasteiger charge is 2.28. The van der Waals surface area contributed by atoms with Crippen LogP contribution < -0.4 is 0 Å². The van der Waals surface area contributed by atoms with Crippen molar-refractivity contribution in [3.63, 3.8) is 0 Å². The third-order valence-electron chi connectivity index (χ3n) is 2.33. The van der Waals surface area contributed by atoms with Gasteiger partial charge in [-0.05, 0) is 31.1 Å². The fourth-order valence-electron chi connectivity index (χ4n) is 1.36. The highest BCUT2D eigenvalue weighted by atomic mass is 16.5. The first kappa shape index (κ1) is 8.47. The Bertz CT molecular complexity index is 467. The Balaban J connectivity index is 1.75. The van der Waals surface area contributed by atoms with Gasteiger partial charge in [0.25, 0.3) is 5.89 Å². The number of furan rings is 1. The van der Waals surface area contributed by atoms with Crippen molar-refractivity contribution in [2.75, 3.05) is 0 Å². The summed E-state index contributed by atoms with van der Waals surface area (Å²) in [6, 6.07) is 3.71. The average molecular weight is 202 g/mol. The van der Waals surface area contributed by atoms with E-state index in [1.165, 1.54) is 12.8 Å². The monoisotopic (exact) mass is 202 g/mol. The number of hydrogen-bond acceptors (Lipinski definition) is 4. The molecule has 2 heterocycles. The van der Waals surface area contributed by atoms with Gasteiger partial charge < -0.3 is 8.94 Å². The SMILES string of the molecule is C(=Cc1nc(C2CC2)no1)c1ccco1. The number of aromatic nitrogens is 2. The van der Waals surface area contributed by atoms with E-state index in [1.807, 2.05) is 18.2 Å². The summed E-state index contributed by atoms with van der Waals surface area (Å²) in [5.41, 5.74) is 0. The van der Waals surface area contributed by atoms with Gasteiger partial charge in [-0.15, -0.1) is 0 Å². The predicted molar refractivity (Wildman–Crippen MR) is 53.9 cm³/mol. The quantitative estimate of drug-likeness (QED) is 0.767. The smallest absolute Gasteiger partial charge is 0.250 e. The summed E-state index contributed by atoms with van der Waals surface area (Å²) in [4.78, 5) is 4.27. The predicted octanol–water partition coefficient (Wildman–Crippen LogP) is 2.71. The summed E-state index contributed by atoms with van der Waals surface area (Å²) in [7, 11) is 0. The second kappa shape index (κ2) is 3.38. The van der Waals surface area contributed by atoms with Crippen molar-refractivity contribution in [1.29, 1.82) is 0 Å². The van der Waals surface area contributed by atoms with Crippen molar-refractivity contribution < 1.29 is 8.94 Å². The molecule has 0 saturated heterocycles. The number of hydrogen-bond donors (Lipinski definition) is 0. The molecule has 1 aliphatic rings. The van der Waals surface area contributed by atoms with E-state index in [0.29, 0.717) is 11.8 Å². The number of rotatable bonds is 3. The van der Waals surface area contributed by atoms with Crippen molar-refractivity contribution in [2.45, 2.75) is 18.8 Å². The summed E-state index contributed by atoms with van der Waals surface area (Å²) in [5, 5.41) is 3.91. The van der Waals surface area contributed by atoms with Crippen molar-refractivity contribution in [3.8, 4) is 0 Å². The molecule has 0 bridgehead atoms. The lowest BCUT2D eigenvalue weighted by molar-refractivity contribution is 0.403. The molecule has 3 rings (SSSR count). The molecule has 0 unspecified atom stereocenters. The average Bonchev–Trinajstić information content (AvgIpc) is 2.82. The highest BCUT2D eigenvalue weighted by molar-refractivity contribution is 5.62. The van der Waals surface area contributed by atoms with Crippen LogP contribution >= 0.6 is 0 Å². The van der Waals surface area contributed by atoms with Crippen LogP contribution in [0.3, 0.4) is 0 Å². The van der Waals surface area contributed by atoms with Crippen molar-refractivity contribution in [1.82, 2.24) is 10.1 Å². The second-order valence-electron chi connectivity index (χ2n) is 3.61. The van der Waals surface area contributed by atoms with Crippen LogP contribution in [0.2, 0.25) is 0 Å². The van der Waals surface area contributed by atoms with Gasteiger partial charge in [0.15, 0.2) is 5.82 Å². The third-order valence-corrected chi connectivity index (χ3v) is 2.33. The normalized spacial score (nSPS) is 16.3. The minimum atomic E-state index is 0.527. The zero-order valence-corrected chi connectivity index (χ0v) is 8.09. The first-order chi connectivity index (χ1) is 7.42. The fourth-order valence-corrected chi connectivity index (χ4v) is 1.36. The zero-order chi connectivity index (χ0) is 10.1. The summed E-state index contributed by atoms with van der Waals surface area (Å²) >= 11 is 0. The summed E-state index contributed by atoms with van der Waals surface area (Å²) in [6.07, 6.45) is 7.56. The Kier molecular flexibility index (Phi) is 1.91. The van der Waals surface area contributed by atoms with Crippen molar-refractivity contribution >= 4 is 12.2 Å². The van der Waals surface area contributed by atoms with Crippen LogP contribution in [-0.4, -0.2) is 10.1 Å². The lowest BCUT2D eigenvalue weighted by atomic mass is 10.4. The second-order valence-corrected chi connectivity index (χ2v) is 3.61. The van der Waals surface area contributed by atoms with Gasteiger partial charge in [-0.3, -0.25) is 0 Å². The molecule has 0 N–H and O–H groups in total. The lowest BCUT2D eigenvalue weighted by Crippen LogP contribution is -1.80. The van der Waals surface area contributed by atoms with Gasteiger partial charge in [0.2, 0.25) is 0 Å². The van der Waals surface area contributed by atoms with E-state index in [0.717, 1.165) is 11.6 Å². The van der Waals surface area contributed by atoms with Gasteiger partial charge in [0.05, 0.1) is 6.26 Å². The fraction of sp³-hybridized carbons (Fsp3) is 0.273. The van der Waals surface area contributed by atoms with Crippen LogP contribution in [-0.2, 0) is 0 Å². The molecule has 0 radical (unpaired) electrons. The molecular formula is C11H10N2O2. The van der Waals surface area contributed by atoms with Crippen LogP contribution in [0.4, 0.5) is 0 Å². The van der Waals surface area contributed by atoms with Gasteiger partial charge in [0, 0.05) is 12.0 Å². The Hall–Kier alpha value is -1.84. The van der Waals surface area contributed by atoms with E-state index < -0.39 is 0 Å². The van der Waals surface area contributed by atoms with E-state index in [4.69, 9.17) is 8.94 Å². The van der Waals surface area contributed by atoms with Crippen LogP contribution in [0.25, 0.3) is 12.2 Å². The summed E-state index contributed by atoms with van der Waals surface area (Å²) in [6.45, 7) is 0. The topological polar surface area (TPSA) is 52.1 Å². The summed E-state index contributed by atoms with van der Waals surface area (Å²) < 4.78 is 10.2. The zero-order valence-electron chi connectivity index (χ0n) is 8.09. The van der Waals surface area contributed by atoms with Gasteiger partial charge in [-0.25, -0.2) is 0 Å². The Morgan fingerprint density at radius 1 is 1.33 bits per heavy atom. The first-order valence-electron chi connectivity index (χ1n) is 4.97. The van der Waals surface area contributed by atoms with Gasteiger partial charge >= 0.3 is 0 Å². The van der Waals surface area contributed by atoms with Gasteiger partial charge in [0.1, 0.15) is 5.76 Å². The minimum Gasteiger partial charge on any atom is -0.465 e. The van der Waals surface area contributed by atoms with E-state index >= 15 is 0 Å². The molecule has 4 heteroatoms. The third kappa shape index (κ3) is 1.83. The first-order valence-corrected chi connectivity index (χ1v) is 4.97. The van der Waals surface area contributed by atoms with E-state index in [1.54, 1.807) is 12.3 Å². The molecule has 1 aliphatic carbocycles. The van der Waals surface area contributed by atoms with Crippen LogP contribution in [0, 0.1) is 0 Å². The Morgan fingerprint density at radius 3 is 3.00 bits per heavy atom. The van der Waals surface area contributed by atoms with Gasteiger partial charge in [-0.1, -0.05) is 5.16 Å². The molecule has 1 saturated carbocycles. The molecule has 0 spiro atoms. The largest absolute Gasteiger partial charge is 0.465 e. The van der Waals surface area contributed by atoms with E-state index in [-0.39, 0.29) is 0 Å². The Morgan fingerprint density at radius 2 is 2.27 bits per heavy atom. The van der Waals surface area contributed by atoms with Crippen molar-refractivity contribution in [2.24, 2.45) is 0 Å². The maximum absolute atomic E-state index is 5.15. The van der Waals surface area contributed by atoms with Crippen LogP contribution in [0.15, 0.2) is 27.3 Å². The molecule has 0 atom stereocenters. The Labute approximate surface area is 86.6 Å². The maximum atomic E-state index is 5.15. The van der Waals surface area contributed by atoms with Crippen LogP contribution in [0.1, 0.15) is 36.2 Å². The van der Waals surface area contributed by atoms with Crippen LogP contribution in [0.5, 0.6) is 0 Å². The molecular weight excluding hydrogens is 192 g/mol. The lowest BCUT2D eigenvalue weighted by Gasteiger charge is -1.81.